The zero-order chi connectivity index (χ0) is 16.4. The van der Waals surface area contributed by atoms with Gasteiger partial charge in [0.15, 0.2) is 0 Å². The SMILES string of the molecule is O=C(CN1CCN(c2ncnc3sccc23)CC1)N1CCCCC1. The molecule has 0 unspecified atom stereocenters. The molecule has 2 aromatic heterocycles. The van der Waals surface area contributed by atoms with E-state index >= 15 is 0 Å². The molecule has 2 aliphatic rings. The molecule has 4 heterocycles. The van der Waals surface area contributed by atoms with Gasteiger partial charge in [-0.15, -0.1) is 11.3 Å². The van der Waals surface area contributed by atoms with Crippen LogP contribution < -0.4 is 4.90 Å². The monoisotopic (exact) mass is 345 g/mol. The summed E-state index contributed by atoms with van der Waals surface area (Å²) in [6.45, 7) is 6.09. The number of nitrogens with zero attached hydrogens (tertiary/aromatic N) is 5. The summed E-state index contributed by atoms with van der Waals surface area (Å²) in [5.41, 5.74) is 0. The van der Waals surface area contributed by atoms with Gasteiger partial charge in [-0.05, 0) is 30.7 Å². The number of rotatable bonds is 3. The van der Waals surface area contributed by atoms with Crippen molar-refractivity contribution in [3.8, 4) is 0 Å². The Morgan fingerprint density at radius 1 is 1.04 bits per heavy atom. The second kappa shape index (κ2) is 7.03. The molecule has 2 aliphatic heterocycles. The maximum Gasteiger partial charge on any atom is 0.236 e. The highest BCUT2D eigenvalue weighted by atomic mass is 32.1. The molecule has 1 amide bonds. The lowest BCUT2D eigenvalue weighted by atomic mass is 10.1. The lowest BCUT2D eigenvalue weighted by molar-refractivity contribution is -0.133. The fourth-order valence-electron chi connectivity index (χ4n) is 3.58. The Balaban J connectivity index is 1.35. The molecular weight excluding hydrogens is 322 g/mol. The Morgan fingerprint density at radius 2 is 1.83 bits per heavy atom. The van der Waals surface area contributed by atoms with Gasteiger partial charge < -0.3 is 9.80 Å². The third-order valence-corrected chi connectivity index (χ3v) is 5.80. The number of anilines is 1. The predicted molar refractivity (Wildman–Crippen MR) is 96.5 cm³/mol. The van der Waals surface area contributed by atoms with Crippen LogP contribution >= 0.6 is 11.3 Å². The van der Waals surface area contributed by atoms with Crippen molar-refractivity contribution in [2.45, 2.75) is 19.3 Å². The number of hydrogen-bond acceptors (Lipinski definition) is 6. The van der Waals surface area contributed by atoms with Crippen LogP contribution in [0.15, 0.2) is 17.8 Å². The van der Waals surface area contributed by atoms with E-state index in [1.54, 1.807) is 17.7 Å². The molecule has 0 spiro atoms. The van der Waals surface area contributed by atoms with Crippen LogP contribution in [0.4, 0.5) is 5.82 Å². The van der Waals surface area contributed by atoms with Gasteiger partial charge in [0.2, 0.25) is 5.91 Å². The van der Waals surface area contributed by atoms with E-state index in [4.69, 9.17) is 0 Å². The molecule has 128 valence electrons. The van der Waals surface area contributed by atoms with E-state index in [1.807, 2.05) is 4.90 Å². The van der Waals surface area contributed by atoms with Gasteiger partial charge in [0, 0.05) is 39.3 Å². The summed E-state index contributed by atoms with van der Waals surface area (Å²) in [4.78, 5) is 28.9. The van der Waals surface area contributed by atoms with Crippen LogP contribution in [0.3, 0.4) is 0 Å². The highest BCUT2D eigenvalue weighted by Gasteiger charge is 2.24. The summed E-state index contributed by atoms with van der Waals surface area (Å²) in [6.07, 6.45) is 5.23. The van der Waals surface area contributed by atoms with E-state index in [-0.39, 0.29) is 0 Å². The fraction of sp³-hybridized carbons (Fsp3) is 0.588. The molecule has 0 saturated carbocycles. The molecular formula is C17H23N5OS. The van der Waals surface area contributed by atoms with E-state index in [0.717, 1.165) is 68.1 Å². The van der Waals surface area contributed by atoms with Gasteiger partial charge in [0.1, 0.15) is 17.0 Å². The van der Waals surface area contributed by atoms with Crippen molar-refractivity contribution in [2.75, 3.05) is 50.7 Å². The maximum absolute atomic E-state index is 12.4. The Kier molecular flexibility index (Phi) is 4.62. The van der Waals surface area contributed by atoms with Crippen LogP contribution in [0.5, 0.6) is 0 Å². The first kappa shape index (κ1) is 15.8. The van der Waals surface area contributed by atoms with E-state index in [2.05, 4.69) is 31.2 Å². The first-order valence-electron chi connectivity index (χ1n) is 8.74. The first-order chi connectivity index (χ1) is 11.8. The zero-order valence-corrected chi connectivity index (χ0v) is 14.7. The summed E-state index contributed by atoms with van der Waals surface area (Å²) in [5.74, 6) is 1.33. The van der Waals surface area contributed by atoms with Crippen LogP contribution in [-0.2, 0) is 4.79 Å². The largest absolute Gasteiger partial charge is 0.353 e. The number of amides is 1. The average Bonchev–Trinajstić information content (AvgIpc) is 3.12. The molecule has 0 bridgehead atoms. The predicted octanol–water partition coefficient (Wildman–Crippen LogP) is 1.83. The molecule has 0 aliphatic carbocycles. The molecule has 0 aromatic carbocycles. The molecule has 6 nitrogen and oxygen atoms in total. The van der Waals surface area contributed by atoms with Crippen LogP contribution in [0.2, 0.25) is 0 Å². The van der Waals surface area contributed by atoms with Crippen molar-refractivity contribution >= 4 is 33.3 Å². The van der Waals surface area contributed by atoms with Gasteiger partial charge in [-0.25, -0.2) is 9.97 Å². The minimum absolute atomic E-state index is 0.297. The molecule has 2 saturated heterocycles. The van der Waals surface area contributed by atoms with Gasteiger partial charge >= 0.3 is 0 Å². The molecule has 4 rings (SSSR count). The van der Waals surface area contributed by atoms with Crippen LogP contribution in [0.25, 0.3) is 10.2 Å². The van der Waals surface area contributed by atoms with Gasteiger partial charge in [0.05, 0.1) is 11.9 Å². The van der Waals surface area contributed by atoms with Crippen molar-refractivity contribution in [1.29, 1.82) is 0 Å². The highest BCUT2D eigenvalue weighted by molar-refractivity contribution is 7.16. The highest BCUT2D eigenvalue weighted by Crippen LogP contribution is 2.27. The molecule has 0 N–H and O–H groups in total. The third kappa shape index (κ3) is 3.23. The van der Waals surface area contributed by atoms with Crippen LogP contribution in [-0.4, -0.2) is 71.5 Å². The smallest absolute Gasteiger partial charge is 0.236 e. The van der Waals surface area contributed by atoms with Crippen molar-refractivity contribution in [1.82, 2.24) is 19.8 Å². The average molecular weight is 345 g/mol. The number of hydrogen-bond donors (Lipinski definition) is 0. The molecule has 24 heavy (non-hydrogen) atoms. The van der Waals surface area contributed by atoms with Crippen molar-refractivity contribution < 1.29 is 4.79 Å². The Hall–Kier alpha value is -1.73. The molecule has 0 radical (unpaired) electrons. The van der Waals surface area contributed by atoms with Gasteiger partial charge in [-0.2, -0.15) is 0 Å². The lowest BCUT2D eigenvalue weighted by Gasteiger charge is -2.36. The number of carbonyl (C=O) groups excluding carboxylic acids is 1. The summed E-state index contributed by atoms with van der Waals surface area (Å²) in [6, 6.07) is 2.10. The number of likely N-dealkylation sites (tertiary alicyclic amines) is 1. The number of piperidine rings is 1. The number of fused-ring (bicyclic) bond motifs is 1. The van der Waals surface area contributed by atoms with Crippen molar-refractivity contribution in [2.24, 2.45) is 0 Å². The molecule has 2 fully saturated rings. The number of piperazine rings is 1. The van der Waals surface area contributed by atoms with Crippen LogP contribution in [0.1, 0.15) is 19.3 Å². The van der Waals surface area contributed by atoms with Crippen molar-refractivity contribution in [3.63, 3.8) is 0 Å². The van der Waals surface area contributed by atoms with Gasteiger partial charge in [-0.3, -0.25) is 9.69 Å². The van der Waals surface area contributed by atoms with E-state index in [1.165, 1.54) is 6.42 Å². The van der Waals surface area contributed by atoms with Crippen molar-refractivity contribution in [3.05, 3.63) is 17.8 Å². The summed E-state index contributed by atoms with van der Waals surface area (Å²) in [7, 11) is 0. The Morgan fingerprint density at radius 3 is 2.62 bits per heavy atom. The minimum Gasteiger partial charge on any atom is -0.353 e. The topological polar surface area (TPSA) is 52.6 Å². The van der Waals surface area contributed by atoms with E-state index < -0.39 is 0 Å². The molecule has 0 atom stereocenters. The molecule has 2 aromatic rings. The third-order valence-electron chi connectivity index (χ3n) is 4.98. The summed E-state index contributed by atoms with van der Waals surface area (Å²) in [5, 5.41) is 3.21. The second-order valence-corrected chi connectivity index (χ2v) is 7.44. The first-order valence-corrected chi connectivity index (χ1v) is 9.62. The Bertz CT molecular complexity index is 704. The summed E-state index contributed by atoms with van der Waals surface area (Å²) < 4.78 is 0. The van der Waals surface area contributed by atoms with Crippen LogP contribution in [0, 0.1) is 0 Å². The van der Waals surface area contributed by atoms with Gasteiger partial charge in [-0.1, -0.05) is 0 Å². The van der Waals surface area contributed by atoms with E-state index in [0.29, 0.717) is 12.5 Å². The number of aromatic nitrogens is 2. The normalized spacial score (nSPS) is 19.8. The quantitative estimate of drug-likeness (QED) is 0.849. The van der Waals surface area contributed by atoms with Gasteiger partial charge in [0.25, 0.3) is 0 Å². The van der Waals surface area contributed by atoms with E-state index in [9.17, 15) is 4.79 Å². The number of carbonyl (C=O) groups is 1. The summed E-state index contributed by atoms with van der Waals surface area (Å²) >= 11 is 1.65. The lowest BCUT2D eigenvalue weighted by Crippen LogP contribution is -2.51. The minimum atomic E-state index is 0.297. The molecule has 7 heteroatoms. The standard InChI is InChI=1S/C17H23N5OS/c23-15(21-5-2-1-3-6-21)12-20-7-9-22(10-8-20)16-14-4-11-24-17(14)19-13-18-16/h4,11,13H,1-3,5-10,12H2. The number of thiophene rings is 1. The maximum atomic E-state index is 12.4. The zero-order valence-electron chi connectivity index (χ0n) is 13.9. The Labute approximate surface area is 146 Å². The second-order valence-electron chi connectivity index (χ2n) is 6.54. The fourth-order valence-corrected chi connectivity index (χ4v) is 4.31.